The van der Waals surface area contributed by atoms with Crippen LogP contribution < -0.4 is 10.6 Å². The molecule has 2 N–H and O–H groups in total. The van der Waals surface area contributed by atoms with Crippen LogP contribution in [0.25, 0.3) is 0 Å². The van der Waals surface area contributed by atoms with Gasteiger partial charge >= 0.3 is 6.09 Å². The minimum Gasteiger partial charge on any atom is -0.449 e. The monoisotopic (exact) mass is 294 g/mol. The summed E-state index contributed by atoms with van der Waals surface area (Å²) in [5.41, 5.74) is 0. The van der Waals surface area contributed by atoms with Gasteiger partial charge in [0.25, 0.3) is 0 Å². The number of likely N-dealkylation sites (N-methyl/N-ethyl adjacent to an activating group) is 1. The lowest BCUT2D eigenvalue weighted by atomic mass is 10.1. The Bertz CT molecular complexity index is 371. The molecule has 0 saturated heterocycles. The molecule has 118 valence electrons. The molecule has 0 aromatic rings. The lowest BCUT2D eigenvalue weighted by Crippen LogP contribution is -2.29. The molecule has 21 heavy (non-hydrogen) atoms. The maximum atomic E-state index is 11.6. The molecule has 5 heteroatoms. The van der Waals surface area contributed by atoms with E-state index in [-0.39, 0.29) is 6.09 Å². The first-order valence-electron chi connectivity index (χ1n) is 7.91. The zero-order chi connectivity index (χ0) is 14.9. The van der Waals surface area contributed by atoms with E-state index >= 15 is 0 Å². The molecular formula is C16H26N2O3. The molecule has 0 aliphatic heterocycles. The Balaban J connectivity index is 1.50. The predicted molar refractivity (Wildman–Crippen MR) is 80.8 cm³/mol. The van der Waals surface area contributed by atoms with Crippen LogP contribution in [0, 0.1) is 29.6 Å². The van der Waals surface area contributed by atoms with E-state index in [9.17, 15) is 4.79 Å². The van der Waals surface area contributed by atoms with Crippen molar-refractivity contribution in [1.82, 2.24) is 10.6 Å². The van der Waals surface area contributed by atoms with Gasteiger partial charge in [-0.25, -0.2) is 4.79 Å². The topological polar surface area (TPSA) is 59.6 Å². The molecule has 0 aromatic carbocycles. The number of rotatable bonds is 8. The molecule has 0 radical (unpaired) electrons. The van der Waals surface area contributed by atoms with E-state index in [2.05, 4.69) is 22.5 Å². The molecule has 3 atom stereocenters. The van der Waals surface area contributed by atoms with Gasteiger partial charge in [0, 0.05) is 25.9 Å². The third kappa shape index (κ3) is 5.56. The van der Waals surface area contributed by atoms with E-state index in [0.717, 1.165) is 44.1 Å². The van der Waals surface area contributed by atoms with Crippen LogP contribution >= 0.6 is 0 Å². The molecule has 0 spiro atoms. The zero-order valence-electron chi connectivity index (χ0n) is 12.8. The van der Waals surface area contributed by atoms with Crippen LogP contribution in [0.2, 0.25) is 0 Å². The molecule has 0 aromatic heterocycles. The minimum atomic E-state index is -0.331. The first-order valence-corrected chi connectivity index (χ1v) is 7.91. The summed E-state index contributed by atoms with van der Waals surface area (Å²) in [7, 11) is 1.88. The smallest absolute Gasteiger partial charge is 0.407 e. The molecule has 5 nitrogen and oxygen atoms in total. The Hall–Kier alpha value is -1.25. The van der Waals surface area contributed by atoms with Crippen molar-refractivity contribution in [2.24, 2.45) is 17.8 Å². The van der Waals surface area contributed by atoms with E-state index in [4.69, 9.17) is 9.47 Å². The zero-order valence-corrected chi connectivity index (χ0v) is 12.8. The van der Waals surface area contributed by atoms with Crippen LogP contribution in [-0.4, -0.2) is 46.1 Å². The molecule has 1 saturated carbocycles. The number of nitrogens with one attached hydrogen (secondary N) is 2. The Morgan fingerprint density at radius 3 is 2.48 bits per heavy atom. The quantitative estimate of drug-likeness (QED) is 0.524. The van der Waals surface area contributed by atoms with Gasteiger partial charge in [-0.3, -0.25) is 0 Å². The molecule has 2 aliphatic rings. The van der Waals surface area contributed by atoms with Crippen molar-refractivity contribution in [3.05, 3.63) is 0 Å². The summed E-state index contributed by atoms with van der Waals surface area (Å²) in [6, 6.07) is 0. The van der Waals surface area contributed by atoms with Gasteiger partial charge < -0.3 is 20.1 Å². The van der Waals surface area contributed by atoms with Crippen molar-refractivity contribution >= 4 is 6.09 Å². The number of fused-ring (bicyclic) bond motifs is 1. The van der Waals surface area contributed by atoms with Crippen LogP contribution in [0.4, 0.5) is 4.79 Å². The van der Waals surface area contributed by atoms with Crippen LogP contribution in [0.3, 0.4) is 0 Å². The molecule has 1 amide bonds. The molecule has 1 fully saturated rings. The minimum absolute atomic E-state index is 0.331. The van der Waals surface area contributed by atoms with Crippen LogP contribution in [0.15, 0.2) is 0 Å². The second-order valence-corrected chi connectivity index (χ2v) is 5.66. The van der Waals surface area contributed by atoms with Crippen molar-refractivity contribution < 1.29 is 14.3 Å². The van der Waals surface area contributed by atoms with Crippen LogP contribution in [-0.2, 0) is 9.47 Å². The summed E-state index contributed by atoms with van der Waals surface area (Å²) in [5, 5.41) is 5.71. The maximum Gasteiger partial charge on any atom is 0.407 e. The van der Waals surface area contributed by atoms with Crippen LogP contribution in [0.5, 0.6) is 0 Å². The van der Waals surface area contributed by atoms with Gasteiger partial charge in [-0.05, 0) is 37.6 Å². The highest BCUT2D eigenvalue weighted by molar-refractivity contribution is 5.67. The Kier molecular flexibility index (Phi) is 6.84. The number of hydrogen-bond donors (Lipinski definition) is 2. The second kappa shape index (κ2) is 8.91. The Labute approximate surface area is 127 Å². The van der Waals surface area contributed by atoms with E-state index in [1.54, 1.807) is 0 Å². The number of hydrogen-bond acceptors (Lipinski definition) is 4. The SMILES string of the molecule is CNCCOCCNC(=O)OC[C@@H]1[C@@H]2CCC#CCC[C@@H]21. The maximum absolute atomic E-state index is 11.6. The molecular weight excluding hydrogens is 268 g/mol. The molecule has 0 bridgehead atoms. The summed E-state index contributed by atoms with van der Waals surface area (Å²) in [4.78, 5) is 11.6. The first-order chi connectivity index (χ1) is 10.3. The van der Waals surface area contributed by atoms with Crippen molar-refractivity contribution in [1.29, 1.82) is 0 Å². The standard InChI is InChI=1S/C16H26N2O3/c1-17-8-10-20-11-9-18-16(19)21-12-15-13-6-4-2-3-5-7-14(13)15/h13-15,17H,4-12H2,1H3,(H,18,19)/t13-,14+,15-. The summed E-state index contributed by atoms with van der Waals surface area (Å²) >= 11 is 0. The summed E-state index contributed by atoms with van der Waals surface area (Å²) < 4.78 is 10.6. The largest absolute Gasteiger partial charge is 0.449 e. The van der Waals surface area contributed by atoms with Gasteiger partial charge in [-0.1, -0.05) is 0 Å². The molecule has 0 unspecified atom stereocenters. The van der Waals surface area contributed by atoms with Crippen molar-refractivity contribution in [3.63, 3.8) is 0 Å². The average Bonchev–Trinajstić information content (AvgIpc) is 3.10. The third-order valence-electron chi connectivity index (χ3n) is 4.26. The van der Waals surface area contributed by atoms with Gasteiger partial charge in [-0.15, -0.1) is 11.8 Å². The third-order valence-corrected chi connectivity index (χ3v) is 4.26. The number of carbonyl (C=O) groups excluding carboxylic acids is 1. The highest BCUT2D eigenvalue weighted by Gasteiger charge is 2.49. The van der Waals surface area contributed by atoms with Crippen molar-refractivity contribution in [2.45, 2.75) is 25.7 Å². The van der Waals surface area contributed by atoms with Crippen molar-refractivity contribution in [2.75, 3.05) is 40.0 Å². The summed E-state index contributed by atoms with van der Waals surface area (Å²) in [6.07, 6.45) is 3.98. The van der Waals surface area contributed by atoms with Gasteiger partial charge in [-0.2, -0.15) is 0 Å². The number of carbonyl (C=O) groups is 1. The predicted octanol–water partition coefficient (Wildman–Crippen LogP) is 1.39. The fourth-order valence-electron chi connectivity index (χ4n) is 3.01. The van der Waals surface area contributed by atoms with Gasteiger partial charge in [0.2, 0.25) is 0 Å². The van der Waals surface area contributed by atoms with Gasteiger partial charge in [0.05, 0.1) is 19.8 Å². The Morgan fingerprint density at radius 1 is 1.14 bits per heavy atom. The van der Waals surface area contributed by atoms with Crippen molar-refractivity contribution in [3.8, 4) is 11.8 Å². The number of alkyl carbamates (subject to hydrolysis) is 1. The Morgan fingerprint density at radius 2 is 1.81 bits per heavy atom. The normalized spacial score (nSPS) is 26.6. The van der Waals surface area contributed by atoms with Gasteiger partial charge in [0.15, 0.2) is 0 Å². The van der Waals surface area contributed by atoms with Gasteiger partial charge in [0.1, 0.15) is 0 Å². The average molecular weight is 294 g/mol. The summed E-state index contributed by atoms with van der Waals surface area (Å²) in [6.45, 7) is 3.03. The first kappa shape index (κ1) is 16.1. The van der Waals surface area contributed by atoms with E-state index in [1.807, 2.05) is 7.05 Å². The second-order valence-electron chi connectivity index (χ2n) is 5.66. The molecule has 2 rings (SSSR count). The molecule has 0 heterocycles. The van der Waals surface area contributed by atoms with Crippen LogP contribution in [0.1, 0.15) is 25.7 Å². The number of ether oxygens (including phenoxy) is 2. The van der Waals surface area contributed by atoms with E-state index in [1.165, 1.54) is 0 Å². The fourth-order valence-corrected chi connectivity index (χ4v) is 3.01. The fraction of sp³-hybridized carbons (Fsp3) is 0.812. The van der Waals surface area contributed by atoms with E-state index < -0.39 is 0 Å². The highest BCUT2D eigenvalue weighted by Crippen LogP contribution is 2.52. The lowest BCUT2D eigenvalue weighted by Gasteiger charge is -2.07. The number of amides is 1. The lowest BCUT2D eigenvalue weighted by molar-refractivity contribution is 0.119. The highest BCUT2D eigenvalue weighted by atomic mass is 16.5. The summed E-state index contributed by atoms with van der Waals surface area (Å²) in [5.74, 6) is 8.37. The van der Waals surface area contributed by atoms with E-state index in [0.29, 0.717) is 32.3 Å². The molecule has 2 aliphatic carbocycles.